The van der Waals surface area contributed by atoms with E-state index < -0.39 is 5.51 Å². The van der Waals surface area contributed by atoms with Crippen LogP contribution in [-0.4, -0.2) is 27.4 Å². The molecular formula is C9H14F3N3S. The molecule has 0 aromatic carbocycles. The molecule has 0 aliphatic heterocycles. The summed E-state index contributed by atoms with van der Waals surface area (Å²) >= 11 is -0.00467. The second-order valence-corrected chi connectivity index (χ2v) is 4.27. The van der Waals surface area contributed by atoms with Crippen LogP contribution >= 0.6 is 11.8 Å². The molecule has 1 aromatic heterocycles. The van der Waals surface area contributed by atoms with Gasteiger partial charge in [-0.3, -0.25) is 0 Å². The fourth-order valence-corrected chi connectivity index (χ4v) is 1.73. The lowest BCUT2D eigenvalue weighted by atomic mass is 10.5. The molecule has 0 saturated carbocycles. The molecule has 1 aromatic rings. The van der Waals surface area contributed by atoms with Crippen LogP contribution in [0.1, 0.15) is 12.7 Å². The van der Waals surface area contributed by atoms with E-state index in [9.17, 15) is 13.2 Å². The van der Waals surface area contributed by atoms with E-state index in [0.717, 1.165) is 12.4 Å². The molecule has 0 fully saturated rings. The van der Waals surface area contributed by atoms with Crippen LogP contribution < -0.4 is 5.32 Å². The van der Waals surface area contributed by atoms with Gasteiger partial charge in [0.05, 0.1) is 6.54 Å². The number of alkyl halides is 3. The standard InChI is InChI=1S/C9H14F3N3S/c1-2-13-7-8-14-3-4-15(8)5-6-16-9(10,11)12/h3-4,13H,2,5-7H2,1H3. The van der Waals surface area contributed by atoms with Crippen molar-refractivity contribution in [3.8, 4) is 0 Å². The van der Waals surface area contributed by atoms with Crippen LogP contribution in [0.5, 0.6) is 0 Å². The van der Waals surface area contributed by atoms with Crippen LogP contribution in [0.25, 0.3) is 0 Å². The monoisotopic (exact) mass is 253 g/mol. The van der Waals surface area contributed by atoms with Crippen molar-refractivity contribution in [3.63, 3.8) is 0 Å². The van der Waals surface area contributed by atoms with Crippen LogP contribution in [0.4, 0.5) is 13.2 Å². The van der Waals surface area contributed by atoms with E-state index in [1.807, 2.05) is 6.92 Å². The molecule has 1 rings (SSSR count). The Balaban J connectivity index is 2.38. The van der Waals surface area contributed by atoms with Gasteiger partial charge in [-0.2, -0.15) is 13.2 Å². The Kier molecular flexibility index (Phi) is 5.14. The van der Waals surface area contributed by atoms with Crippen molar-refractivity contribution in [3.05, 3.63) is 18.2 Å². The van der Waals surface area contributed by atoms with Crippen molar-refractivity contribution < 1.29 is 13.2 Å². The fraction of sp³-hybridized carbons (Fsp3) is 0.667. The number of aryl methyl sites for hydroxylation is 1. The van der Waals surface area contributed by atoms with Crippen molar-refractivity contribution in [1.82, 2.24) is 14.9 Å². The van der Waals surface area contributed by atoms with Gasteiger partial charge in [-0.1, -0.05) is 6.92 Å². The summed E-state index contributed by atoms with van der Waals surface area (Å²) < 4.78 is 37.5. The smallest absolute Gasteiger partial charge is 0.333 e. The van der Waals surface area contributed by atoms with Gasteiger partial charge in [-0.25, -0.2) is 4.98 Å². The van der Waals surface area contributed by atoms with Crippen molar-refractivity contribution in [1.29, 1.82) is 0 Å². The van der Waals surface area contributed by atoms with Gasteiger partial charge in [0, 0.05) is 24.7 Å². The highest BCUT2D eigenvalue weighted by molar-refractivity contribution is 8.00. The summed E-state index contributed by atoms with van der Waals surface area (Å²) in [5.74, 6) is 0.781. The molecule has 0 atom stereocenters. The Labute approximate surface area is 96.4 Å². The number of imidazole rings is 1. The minimum Gasteiger partial charge on any atom is -0.333 e. The molecule has 92 valence electrons. The first-order chi connectivity index (χ1) is 7.53. The van der Waals surface area contributed by atoms with E-state index in [2.05, 4.69) is 10.3 Å². The van der Waals surface area contributed by atoms with Crippen LogP contribution in [0.2, 0.25) is 0 Å². The van der Waals surface area contributed by atoms with Crippen LogP contribution in [0.3, 0.4) is 0 Å². The van der Waals surface area contributed by atoms with E-state index in [1.165, 1.54) is 0 Å². The largest absolute Gasteiger partial charge is 0.441 e. The average Bonchev–Trinajstić information content (AvgIpc) is 2.60. The fourth-order valence-electron chi connectivity index (χ4n) is 1.21. The SMILES string of the molecule is CCNCc1nccn1CCSC(F)(F)F. The number of thioether (sulfide) groups is 1. The summed E-state index contributed by atoms with van der Waals surface area (Å²) in [6.07, 6.45) is 3.30. The molecule has 3 nitrogen and oxygen atoms in total. The minimum absolute atomic E-state index is 0.00467. The van der Waals surface area contributed by atoms with E-state index in [4.69, 9.17) is 0 Å². The molecule has 1 heterocycles. The molecule has 0 bridgehead atoms. The van der Waals surface area contributed by atoms with Crippen molar-refractivity contribution in [2.45, 2.75) is 25.5 Å². The highest BCUT2D eigenvalue weighted by Gasteiger charge is 2.27. The first kappa shape index (κ1) is 13.4. The van der Waals surface area contributed by atoms with Crippen LogP contribution in [0.15, 0.2) is 12.4 Å². The maximum Gasteiger partial charge on any atom is 0.441 e. The predicted octanol–water partition coefficient (Wildman–Crippen LogP) is 2.25. The van der Waals surface area contributed by atoms with E-state index in [-0.39, 0.29) is 17.5 Å². The normalized spacial score (nSPS) is 12.0. The minimum atomic E-state index is -4.15. The third-order valence-electron chi connectivity index (χ3n) is 1.93. The number of halogens is 3. The lowest BCUT2D eigenvalue weighted by Crippen LogP contribution is -2.17. The lowest BCUT2D eigenvalue weighted by molar-refractivity contribution is -0.0328. The van der Waals surface area contributed by atoms with Crippen molar-refractivity contribution >= 4 is 11.8 Å². The summed E-state index contributed by atoms with van der Waals surface area (Å²) in [4.78, 5) is 4.08. The highest BCUT2D eigenvalue weighted by atomic mass is 32.2. The zero-order valence-electron chi connectivity index (χ0n) is 8.92. The highest BCUT2D eigenvalue weighted by Crippen LogP contribution is 2.30. The zero-order chi connectivity index (χ0) is 12.0. The molecule has 16 heavy (non-hydrogen) atoms. The summed E-state index contributed by atoms with van der Waals surface area (Å²) in [7, 11) is 0. The van der Waals surface area contributed by atoms with E-state index >= 15 is 0 Å². The maximum atomic E-state index is 11.9. The zero-order valence-corrected chi connectivity index (χ0v) is 9.74. The van der Waals surface area contributed by atoms with Crippen molar-refractivity contribution in [2.75, 3.05) is 12.3 Å². The quantitative estimate of drug-likeness (QED) is 0.843. The molecular weight excluding hydrogens is 239 g/mol. The van der Waals surface area contributed by atoms with Crippen LogP contribution in [-0.2, 0) is 13.1 Å². The van der Waals surface area contributed by atoms with Gasteiger partial charge in [0.2, 0.25) is 0 Å². The molecule has 0 amide bonds. The van der Waals surface area contributed by atoms with Gasteiger partial charge in [0.15, 0.2) is 0 Å². The Bertz CT molecular complexity index is 311. The van der Waals surface area contributed by atoms with E-state index in [0.29, 0.717) is 13.1 Å². The molecule has 0 spiro atoms. The number of hydrogen-bond acceptors (Lipinski definition) is 3. The Morgan fingerprint density at radius 1 is 1.50 bits per heavy atom. The number of rotatable bonds is 6. The summed E-state index contributed by atoms with van der Waals surface area (Å²) in [5.41, 5.74) is -4.15. The average molecular weight is 253 g/mol. The van der Waals surface area contributed by atoms with Crippen LogP contribution in [0, 0.1) is 0 Å². The summed E-state index contributed by atoms with van der Waals surface area (Å²) in [6.45, 7) is 3.68. The Morgan fingerprint density at radius 3 is 2.88 bits per heavy atom. The second kappa shape index (κ2) is 6.15. The van der Waals surface area contributed by atoms with E-state index in [1.54, 1.807) is 17.0 Å². The molecule has 0 saturated heterocycles. The Morgan fingerprint density at radius 2 is 2.25 bits per heavy atom. The molecule has 0 radical (unpaired) electrons. The number of nitrogens with zero attached hydrogens (tertiary/aromatic N) is 2. The second-order valence-electron chi connectivity index (χ2n) is 3.11. The van der Waals surface area contributed by atoms with Gasteiger partial charge in [-0.05, 0) is 18.3 Å². The predicted molar refractivity (Wildman–Crippen MR) is 58.1 cm³/mol. The first-order valence-corrected chi connectivity index (χ1v) is 5.93. The summed E-state index contributed by atoms with van der Waals surface area (Å²) in [6, 6.07) is 0. The molecule has 7 heteroatoms. The van der Waals surface area contributed by atoms with Gasteiger partial charge < -0.3 is 9.88 Å². The van der Waals surface area contributed by atoms with Gasteiger partial charge in [0.1, 0.15) is 5.82 Å². The van der Waals surface area contributed by atoms with Gasteiger partial charge in [0.25, 0.3) is 0 Å². The third-order valence-corrected chi connectivity index (χ3v) is 2.65. The van der Waals surface area contributed by atoms with Gasteiger partial charge >= 0.3 is 5.51 Å². The summed E-state index contributed by atoms with van der Waals surface area (Å²) in [5, 5.41) is 3.09. The maximum absolute atomic E-state index is 11.9. The number of nitrogens with one attached hydrogen (secondary N) is 1. The lowest BCUT2D eigenvalue weighted by Gasteiger charge is -2.09. The third kappa shape index (κ3) is 4.89. The molecule has 1 N–H and O–H groups in total. The first-order valence-electron chi connectivity index (χ1n) is 4.94. The Hall–Kier alpha value is -0.690. The molecule has 0 aliphatic carbocycles. The van der Waals surface area contributed by atoms with Crippen molar-refractivity contribution in [2.24, 2.45) is 0 Å². The van der Waals surface area contributed by atoms with Gasteiger partial charge in [-0.15, -0.1) is 0 Å². The molecule has 0 aliphatic rings. The number of aromatic nitrogens is 2. The topological polar surface area (TPSA) is 29.9 Å². The molecule has 0 unspecified atom stereocenters. The number of hydrogen-bond donors (Lipinski definition) is 1.